The molecule has 35 heavy (non-hydrogen) atoms. The van der Waals surface area contributed by atoms with Crippen molar-refractivity contribution in [2.24, 2.45) is 0 Å². The smallest absolute Gasteiger partial charge is 0.403 e. The summed E-state index contributed by atoms with van der Waals surface area (Å²) >= 11 is 0. The number of nitrogens with one attached hydrogen (secondary N) is 1. The molecule has 1 N–H and O–H groups in total. The number of hydrogen-bond acceptors (Lipinski definition) is 5. The number of phosphoric acid groups is 1. The summed E-state index contributed by atoms with van der Waals surface area (Å²) in [6.07, 6.45) is 0.431. The number of likely N-dealkylation sites (N-methyl/N-ethyl adjacent to an activating group) is 1. The molecule has 0 saturated carbocycles. The zero-order valence-corrected chi connectivity index (χ0v) is 20.1. The van der Waals surface area contributed by atoms with Crippen LogP contribution in [0.3, 0.4) is 0 Å². The largest absolute Gasteiger partial charge is 0.530 e. The highest BCUT2D eigenvalue weighted by molar-refractivity contribution is 7.48. The molecule has 0 unspecified atom stereocenters. The molecule has 2 heterocycles. The third kappa shape index (κ3) is 5.85. The predicted octanol–water partition coefficient (Wildman–Crippen LogP) is 6.73. The SMILES string of the molecule is [2H]C([2H])(c1c[nH]c2cccc(OP(=O)(OCc3ccccc3)OCc3ccccc3)c12)[C@H]1CCCN1C([2H])([2H])[2H]. The van der Waals surface area contributed by atoms with Crippen molar-refractivity contribution in [1.82, 2.24) is 9.88 Å². The molecule has 1 aromatic heterocycles. The van der Waals surface area contributed by atoms with Crippen molar-refractivity contribution >= 4 is 18.7 Å². The average molecular weight is 496 g/mol. The number of aromatic amines is 1. The van der Waals surface area contributed by atoms with Gasteiger partial charge in [0.25, 0.3) is 0 Å². The molecule has 1 atom stereocenters. The fraction of sp³-hybridized carbons (Fsp3) is 0.286. The van der Waals surface area contributed by atoms with Crippen molar-refractivity contribution in [2.75, 3.05) is 13.5 Å². The van der Waals surface area contributed by atoms with Crippen molar-refractivity contribution < 1.29 is 25.0 Å². The zero-order chi connectivity index (χ0) is 28.4. The van der Waals surface area contributed by atoms with Gasteiger partial charge in [0.1, 0.15) is 5.75 Å². The minimum Gasteiger partial charge on any atom is -0.403 e. The molecule has 182 valence electrons. The topological polar surface area (TPSA) is 63.8 Å². The van der Waals surface area contributed by atoms with Gasteiger partial charge in [-0.1, -0.05) is 66.7 Å². The van der Waals surface area contributed by atoms with E-state index in [0.29, 0.717) is 23.7 Å². The summed E-state index contributed by atoms with van der Waals surface area (Å²) in [5.41, 5.74) is 2.32. The summed E-state index contributed by atoms with van der Waals surface area (Å²) in [5.74, 6) is 0.112. The van der Waals surface area contributed by atoms with Gasteiger partial charge in [-0.3, -0.25) is 9.05 Å². The number of hydrogen-bond donors (Lipinski definition) is 1. The standard InChI is InChI=1S/C28H31N2O4P/c1-30-17-9-14-25(30)18-24-19-29-26-15-8-16-27(28(24)26)34-35(31,32-20-22-10-4-2-5-11-22)33-21-23-12-6-3-7-13-23/h2-8,10-13,15-16,19,25,29H,9,14,17-18,20-21H2,1H3/t25-/m1/s1/i1D3,18D2. The number of fused-ring (bicyclic) bond motifs is 1. The molecule has 4 aromatic rings. The normalized spacial score (nSPS) is 19.5. The Kier molecular flexibility index (Phi) is 5.67. The van der Waals surface area contributed by atoms with Gasteiger partial charge in [-0.05, 0) is 61.6 Å². The van der Waals surface area contributed by atoms with E-state index in [1.165, 1.54) is 11.1 Å². The van der Waals surface area contributed by atoms with E-state index in [2.05, 4.69) is 4.98 Å². The lowest BCUT2D eigenvalue weighted by molar-refractivity contribution is 0.143. The third-order valence-electron chi connectivity index (χ3n) is 5.92. The van der Waals surface area contributed by atoms with Crippen LogP contribution in [0, 0.1) is 0 Å². The fourth-order valence-electron chi connectivity index (χ4n) is 4.10. The van der Waals surface area contributed by atoms with Crippen molar-refractivity contribution in [3.05, 3.63) is 102 Å². The number of nitrogens with zero attached hydrogens (tertiary/aromatic N) is 1. The molecule has 1 saturated heterocycles. The Labute approximate surface area is 213 Å². The summed E-state index contributed by atoms with van der Waals surface area (Å²) in [6.45, 7) is -2.20. The minimum atomic E-state index is -4.22. The molecule has 1 aliphatic heterocycles. The van der Waals surface area contributed by atoms with Crippen LogP contribution < -0.4 is 4.52 Å². The molecule has 5 rings (SSSR count). The van der Waals surface area contributed by atoms with E-state index in [1.807, 2.05) is 60.7 Å². The highest BCUT2D eigenvalue weighted by atomic mass is 31.2. The lowest BCUT2D eigenvalue weighted by Crippen LogP contribution is -2.26. The van der Waals surface area contributed by atoms with Gasteiger partial charge in [0.2, 0.25) is 0 Å². The summed E-state index contributed by atoms with van der Waals surface area (Å²) in [5, 5.41) is 0.358. The Balaban J connectivity index is 1.49. The first kappa shape index (κ1) is 18.4. The molecule has 0 amide bonds. The van der Waals surface area contributed by atoms with Crippen LogP contribution in [0.5, 0.6) is 5.75 Å². The summed E-state index contributed by atoms with van der Waals surface area (Å²) in [7, 11) is -4.22. The van der Waals surface area contributed by atoms with Crippen molar-refractivity contribution in [2.45, 2.75) is 38.5 Å². The lowest BCUT2D eigenvalue weighted by atomic mass is 10.0. The molecule has 3 aromatic carbocycles. The van der Waals surface area contributed by atoms with E-state index >= 15 is 0 Å². The predicted molar refractivity (Wildman–Crippen MR) is 138 cm³/mol. The van der Waals surface area contributed by atoms with Crippen LogP contribution in [-0.4, -0.2) is 29.4 Å². The van der Waals surface area contributed by atoms with Crippen LogP contribution in [0.2, 0.25) is 0 Å². The maximum atomic E-state index is 14.0. The monoisotopic (exact) mass is 495 g/mol. The van der Waals surface area contributed by atoms with Gasteiger partial charge in [-0.15, -0.1) is 0 Å². The van der Waals surface area contributed by atoms with Gasteiger partial charge in [0.05, 0.1) is 13.2 Å². The van der Waals surface area contributed by atoms with Gasteiger partial charge >= 0.3 is 7.82 Å². The number of likely N-dealkylation sites (tertiary alicyclic amines) is 1. The Morgan fingerprint density at radius 2 is 1.69 bits per heavy atom. The molecule has 0 radical (unpaired) electrons. The number of benzene rings is 3. The van der Waals surface area contributed by atoms with Gasteiger partial charge in [0, 0.05) is 30.0 Å². The van der Waals surface area contributed by atoms with E-state index in [9.17, 15) is 4.57 Å². The molecule has 1 aliphatic rings. The fourth-order valence-corrected chi connectivity index (χ4v) is 5.29. The zero-order valence-electron chi connectivity index (χ0n) is 24.2. The van der Waals surface area contributed by atoms with Gasteiger partial charge < -0.3 is 14.4 Å². The third-order valence-corrected chi connectivity index (χ3v) is 7.23. The van der Waals surface area contributed by atoms with Gasteiger partial charge in [-0.2, -0.15) is 0 Å². The first-order valence-corrected chi connectivity index (χ1v) is 13.1. The highest BCUT2D eigenvalue weighted by Crippen LogP contribution is 2.52. The molecular formula is C28H31N2O4P. The molecule has 1 fully saturated rings. The van der Waals surface area contributed by atoms with Crippen molar-refractivity contribution in [3.8, 4) is 5.75 Å². The molecule has 6 nitrogen and oxygen atoms in total. The first-order valence-electron chi connectivity index (χ1n) is 14.1. The van der Waals surface area contributed by atoms with E-state index < -0.39 is 27.2 Å². The average Bonchev–Trinajstić information content (AvgIpc) is 3.62. The molecule has 0 bridgehead atoms. The Hall–Kier alpha value is -2.89. The molecular weight excluding hydrogens is 459 g/mol. The highest BCUT2D eigenvalue weighted by Gasteiger charge is 2.31. The maximum Gasteiger partial charge on any atom is 0.530 e. The van der Waals surface area contributed by atoms with Crippen molar-refractivity contribution in [1.29, 1.82) is 0 Å². The molecule has 0 spiro atoms. The Morgan fingerprint density at radius 1 is 1.00 bits per heavy atom. The quantitative estimate of drug-likeness (QED) is 0.247. The van der Waals surface area contributed by atoms with Crippen LogP contribution in [0.25, 0.3) is 10.9 Å². The minimum absolute atomic E-state index is 0.0285. The lowest BCUT2D eigenvalue weighted by Gasteiger charge is -2.21. The summed E-state index contributed by atoms with van der Waals surface area (Å²) in [6, 6.07) is 22.6. The van der Waals surface area contributed by atoms with Crippen LogP contribution in [0.1, 0.15) is 36.4 Å². The van der Waals surface area contributed by atoms with Crippen molar-refractivity contribution in [3.63, 3.8) is 0 Å². The van der Waals surface area contributed by atoms with E-state index in [-0.39, 0.29) is 31.1 Å². The number of rotatable bonds is 10. The van der Waals surface area contributed by atoms with Crippen LogP contribution >= 0.6 is 7.82 Å². The van der Waals surface area contributed by atoms with Gasteiger partial charge in [-0.25, -0.2) is 4.57 Å². The van der Waals surface area contributed by atoms with E-state index in [1.54, 1.807) is 18.2 Å². The van der Waals surface area contributed by atoms with Crippen LogP contribution in [-0.2, 0) is 33.2 Å². The maximum absolute atomic E-state index is 14.0. The number of phosphoric ester groups is 1. The van der Waals surface area contributed by atoms with Crippen LogP contribution in [0.15, 0.2) is 85.1 Å². The number of aromatic nitrogens is 1. The van der Waals surface area contributed by atoms with E-state index in [4.69, 9.17) is 20.4 Å². The summed E-state index contributed by atoms with van der Waals surface area (Å²) in [4.78, 5) is 4.30. The Bertz CT molecular complexity index is 1430. The number of H-pyrrole nitrogens is 1. The molecule has 7 heteroatoms. The van der Waals surface area contributed by atoms with Crippen LogP contribution in [0.4, 0.5) is 0 Å². The molecule has 0 aliphatic carbocycles. The summed E-state index contributed by atoms with van der Waals surface area (Å²) < 4.78 is 73.5. The second-order valence-electron chi connectivity index (χ2n) is 8.43. The van der Waals surface area contributed by atoms with E-state index in [0.717, 1.165) is 11.1 Å². The second kappa shape index (κ2) is 10.8. The van der Waals surface area contributed by atoms with Gasteiger partial charge in [0.15, 0.2) is 0 Å². The Morgan fingerprint density at radius 3 is 2.34 bits per heavy atom. The second-order valence-corrected chi connectivity index (χ2v) is 10.0. The first-order chi connectivity index (χ1) is 19.1.